The normalized spacial score (nSPS) is 17.8. The van der Waals surface area contributed by atoms with Crippen LogP contribution in [0.4, 0.5) is 0 Å². The van der Waals surface area contributed by atoms with Gasteiger partial charge in [0.1, 0.15) is 12.7 Å². The molecule has 1 saturated heterocycles. The molecule has 0 aliphatic carbocycles. The lowest BCUT2D eigenvalue weighted by molar-refractivity contribution is -0.139. The highest BCUT2D eigenvalue weighted by atomic mass is 16.6. The maximum absolute atomic E-state index is 12.0. The number of carbonyl (C=O) groups is 2. The van der Waals surface area contributed by atoms with Crippen LogP contribution in [0.2, 0.25) is 0 Å². The number of allylic oxidation sites excluding steroid dienone is 2. The molecule has 0 spiro atoms. The standard InChI is InChI=1S/C17H16O5/c18-16(19)8-4-7-14(17(20)22-12-15-11-21-15)10-9-13-5-2-1-3-6-13/h1-10,15H,11-12H2,(H,18,19). The molecule has 0 amide bonds. The average molecular weight is 300 g/mol. The van der Waals surface area contributed by atoms with Crippen LogP contribution < -0.4 is 0 Å². The van der Waals surface area contributed by atoms with Gasteiger partial charge in [-0.3, -0.25) is 0 Å². The van der Waals surface area contributed by atoms with Gasteiger partial charge in [0.25, 0.3) is 0 Å². The first-order valence-corrected chi connectivity index (χ1v) is 6.78. The number of ether oxygens (including phenoxy) is 2. The Morgan fingerprint density at radius 2 is 2.00 bits per heavy atom. The van der Waals surface area contributed by atoms with Crippen LogP contribution in [-0.4, -0.2) is 36.4 Å². The van der Waals surface area contributed by atoms with E-state index in [1.807, 2.05) is 30.3 Å². The molecular formula is C17H16O5. The number of esters is 1. The second-order valence-electron chi connectivity index (χ2n) is 4.62. The Labute approximate surface area is 128 Å². The zero-order valence-electron chi connectivity index (χ0n) is 11.8. The fraction of sp³-hybridized carbons (Fsp3) is 0.176. The predicted octanol–water partition coefficient (Wildman–Crippen LogP) is 2.21. The number of aliphatic carboxylic acids is 1. The molecule has 22 heavy (non-hydrogen) atoms. The molecule has 0 radical (unpaired) electrons. The van der Waals surface area contributed by atoms with Gasteiger partial charge < -0.3 is 14.6 Å². The highest BCUT2D eigenvalue weighted by Gasteiger charge is 2.24. The minimum absolute atomic E-state index is 0.0159. The van der Waals surface area contributed by atoms with Crippen molar-refractivity contribution in [2.45, 2.75) is 6.10 Å². The van der Waals surface area contributed by atoms with E-state index >= 15 is 0 Å². The number of rotatable bonds is 7. The molecule has 1 heterocycles. The van der Waals surface area contributed by atoms with Crippen LogP contribution in [-0.2, 0) is 19.1 Å². The summed E-state index contributed by atoms with van der Waals surface area (Å²) >= 11 is 0. The van der Waals surface area contributed by atoms with Crippen molar-refractivity contribution in [3.05, 3.63) is 65.8 Å². The minimum atomic E-state index is -1.08. The number of benzene rings is 1. The summed E-state index contributed by atoms with van der Waals surface area (Å²) in [6.07, 6.45) is 6.99. The van der Waals surface area contributed by atoms with E-state index in [4.69, 9.17) is 14.6 Å². The molecule has 5 heteroatoms. The van der Waals surface area contributed by atoms with Crippen molar-refractivity contribution in [3.63, 3.8) is 0 Å². The maximum atomic E-state index is 12.0. The van der Waals surface area contributed by atoms with Crippen LogP contribution in [0.3, 0.4) is 0 Å². The number of hydrogen-bond donors (Lipinski definition) is 1. The van der Waals surface area contributed by atoms with Gasteiger partial charge in [0.05, 0.1) is 12.2 Å². The Morgan fingerprint density at radius 1 is 1.27 bits per heavy atom. The van der Waals surface area contributed by atoms with Crippen molar-refractivity contribution >= 4 is 18.0 Å². The third-order valence-corrected chi connectivity index (χ3v) is 2.81. The lowest BCUT2D eigenvalue weighted by atomic mass is 10.1. The van der Waals surface area contributed by atoms with E-state index in [-0.39, 0.29) is 18.3 Å². The SMILES string of the molecule is O=C(O)C=CC=C(C=Cc1ccccc1)C(=O)OCC1CO1. The quantitative estimate of drug-likeness (QED) is 0.361. The van der Waals surface area contributed by atoms with Gasteiger partial charge in [0.15, 0.2) is 0 Å². The zero-order chi connectivity index (χ0) is 15.8. The Bertz CT molecular complexity index is 609. The van der Waals surface area contributed by atoms with Gasteiger partial charge >= 0.3 is 11.9 Å². The first-order chi connectivity index (χ1) is 10.6. The lowest BCUT2D eigenvalue weighted by Crippen LogP contribution is -2.11. The summed E-state index contributed by atoms with van der Waals surface area (Å²) in [6, 6.07) is 9.45. The summed E-state index contributed by atoms with van der Waals surface area (Å²) in [7, 11) is 0. The summed E-state index contributed by atoms with van der Waals surface area (Å²) in [5, 5.41) is 8.59. The van der Waals surface area contributed by atoms with E-state index < -0.39 is 11.9 Å². The highest BCUT2D eigenvalue weighted by molar-refractivity contribution is 5.93. The Morgan fingerprint density at radius 3 is 2.64 bits per heavy atom. The topological polar surface area (TPSA) is 76.1 Å². The second-order valence-corrected chi connectivity index (χ2v) is 4.62. The first-order valence-electron chi connectivity index (χ1n) is 6.78. The van der Waals surface area contributed by atoms with Gasteiger partial charge in [-0.05, 0) is 17.7 Å². The van der Waals surface area contributed by atoms with Crippen LogP contribution in [0.1, 0.15) is 5.56 Å². The van der Waals surface area contributed by atoms with Crippen molar-refractivity contribution < 1.29 is 24.2 Å². The monoisotopic (exact) mass is 300 g/mol. The van der Waals surface area contributed by atoms with E-state index in [9.17, 15) is 9.59 Å². The van der Waals surface area contributed by atoms with Gasteiger partial charge in [-0.2, -0.15) is 0 Å². The number of carbonyl (C=O) groups excluding carboxylic acids is 1. The van der Waals surface area contributed by atoms with Crippen molar-refractivity contribution in [1.82, 2.24) is 0 Å². The number of carboxylic acid groups (broad SMARTS) is 1. The van der Waals surface area contributed by atoms with Crippen LogP contribution >= 0.6 is 0 Å². The van der Waals surface area contributed by atoms with E-state index in [1.54, 1.807) is 12.2 Å². The molecule has 0 aromatic heterocycles. The number of carboxylic acids is 1. The van der Waals surface area contributed by atoms with E-state index in [0.29, 0.717) is 6.61 Å². The molecule has 1 aliphatic rings. The van der Waals surface area contributed by atoms with E-state index in [0.717, 1.165) is 11.6 Å². The summed E-state index contributed by atoms with van der Waals surface area (Å²) in [5.41, 5.74) is 1.19. The van der Waals surface area contributed by atoms with Crippen molar-refractivity contribution in [3.8, 4) is 0 Å². The van der Waals surface area contributed by atoms with Gasteiger partial charge in [0, 0.05) is 6.08 Å². The van der Waals surface area contributed by atoms with Gasteiger partial charge in [-0.1, -0.05) is 42.5 Å². The van der Waals surface area contributed by atoms with Gasteiger partial charge in [-0.25, -0.2) is 9.59 Å². The molecule has 2 rings (SSSR count). The fourth-order valence-corrected chi connectivity index (χ4v) is 1.59. The zero-order valence-corrected chi connectivity index (χ0v) is 11.8. The molecular weight excluding hydrogens is 284 g/mol. The molecule has 1 unspecified atom stereocenters. The van der Waals surface area contributed by atoms with E-state index in [2.05, 4.69) is 0 Å². The smallest absolute Gasteiger partial charge is 0.338 e. The van der Waals surface area contributed by atoms with Gasteiger partial charge in [0.2, 0.25) is 0 Å². The second kappa shape index (κ2) is 7.95. The molecule has 1 aromatic rings. The Kier molecular flexibility index (Phi) is 5.68. The summed E-state index contributed by atoms with van der Waals surface area (Å²) in [5.74, 6) is -1.60. The Hall–Kier alpha value is -2.66. The minimum Gasteiger partial charge on any atom is -0.478 e. The van der Waals surface area contributed by atoms with Crippen LogP contribution in [0.15, 0.2) is 60.2 Å². The summed E-state index contributed by atoms with van der Waals surface area (Å²) in [6.45, 7) is 0.809. The number of epoxide rings is 1. The summed E-state index contributed by atoms with van der Waals surface area (Å²) < 4.78 is 10.1. The van der Waals surface area contributed by atoms with Gasteiger partial charge in [-0.15, -0.1) is 0 Å². The predicted molar refractivity (Wildman–Crippen MR) is 81.0 cm³/mol. The molecule has 0 bridgehead atoms. The van der Waals surface area contributed by atoms with Crippen molar-refractivity contribution in [2.75, 3.05) is 13.2 Å². The first kappa shape index (κ1) is 15.7. The molecule has 1 fully saturated rings. The summed E-state index contributed by atoms with van der Waals surface area (Å²) in [4.78, 5) is 22.5. The average Bonchev–Trinajstić information content (AvgIpc) is 3.33. The highest BCUT2D eigenvalue weighted by Crippen LogP contribution is 2.12. The molecule has 1 N–H and O–H groups in total. The largest absolute Gasteiger partial charge is 0.478 e. The molecule has 1 atom stereocenters. The van der Waals surface area contributed by atoms with Crippen LogP contribution in [0, 0.1) is 0 Å². The third kappa shape index (κ3) is 5.76. The van der Waals surface area contributed by atoms with Crippen molar-refractivity contribution in [1.29, 1.82) is 0 Å². The molecule has 5 nitrogen and oxygen atoms in total. The lowest BCUT2D eigenvalue weighted by Gasteiger charge is -2.03. The number of hydrogen-bond acceptors (Lipinski definition) is 4. The molecule has 1 aromatic carbocycles. The molecule has 1 aliphatic heterocycles. The maximum Gasteiger partial charge on any atom is 0.338 e. The molecule has 114 valence electrons. The van der Waals surface area contributed by atoms with Crippen molar-refractivity contribution in [2.24, 2.45) is 0 Å². The van der Waals surface area contributed by atoms with Crippen LogP contribution in [0.25, 0.3) is 6.08 Å². The van der Waals surface area contributed by atoms with Crippen LogP contribution in [0.5, 0.6) is 0 Å². The third-order valence-electron chi connectivity index (χ3n) is 2.81. The Balaban J connectivity index is 2.07. The van der Waals surface area contributed by atoms with E-state index in [1.165, 1.54) is 12.2 Å². The fourth-order valence-electron chi connectivity index (χ4n) is 1.59. The molecule has 0 saturated carbocycles.